The molecular formula is C26H27F3N2O5S. The molecule has 198 valence electrons. The minimum absolute atomic E-state index is 0.0998. The molecule has 0 aromatic heterocycles. The van der Waals surface area contributed by atoms with Crippen LogP contribution in [0.4, 0.5) is 23.7 Å². The van der Waals surface area contributed by atoms with Crippen molar-refractivity contribution in [3.8, 4) is 5.75 Å². The molecule has 7 nitrogen and oxygen atoms in total. The van der Waals surface area contributed by atoms with Crippen LogP contribution in [0.1, 0.15) is 23.6 Å². The number of amides is 2. The zero-order chi connectivity index (χ0) is 27.1. The average molecular weight is 537 g/mol. The van der Waals surface area contributed by atoms with E-state index in [1.165, 1.54) is 30.2 Å². The van der Waals surface area contributed by atoms with E-state index in [2.05, 4.69) is 5.32 Å². The number of carbonyl (C=O) groups excluding carboxylic acids is 1. The first-order chi connectivity index (χ1) is 17.5. The summed E-state index contributed by atoms with van der Waals surface area (Å²) >= 11 is 0. The van der Waals surface area contributed by atoms with E-state index in [-0.39, 0.29) is 31.5 Å². The van der Waals surface area contributed by atoms with Gasteiger partial charge in [-0.2, -0.15) is 21.6 Å². The lowest BCUT2D eigenvalue weighted by atomic mass is 10.1. The van der Waals surface area contributed by atoms with Crippen molar-refractivity contribution < 1.29 is 35.3 Å². The lowest BCUT2D eigenvalue weighted by Gasteiger charge is -2.23. The fraction of sp³-hybridized carbons (Fsp3) is 0.269. The monoisotopic (exact) mass is 536 g/mol. The summed E-state index contributed by atoms with van der Waals surface area (Å²) in [5.74, 6) is -0.0998. The number of aryl methyl sites for hydroxylation is 1. The summed E-state index contributed by atoms with van der Waals surface area (Å²) in [7, 11) is -3.02. The molecule has 0 spiro atoms. The van der Waals surface area contributed by atoms with Crippen LogP contribution in [0.3, 0.4) is 0 Å². The van der Waals surface area contributed by atoms with Gasteiger partial charge in [-0.1, -0.05) is 37.3 Å². The van der Waals surface area contributed by atoms with Crippen molar-refractivity contribution >= 4 is 21.8 Å². The molecule has 3 aromatic rings. The predicted octanol–water partition coefficient (Wildman–Crippen LogP) is 5.72. The number of carbonyl (C=O) groups is 1. The van der Waals surface area contributed by atoms with E-state index >= 15 is 0 Å². The van der Waals surface area contributed by atoms with E-state index in [0.717, 1.165) is 30.2 Å². The molecule has 0 unspecified atom stereocenters. The maximum atomic E-state index is 13.0. The summed E-state index contributed by atoms with van der Waals surface area (Å²) in [5.41, 5.74) is 1.19. The molecule has 3 rings (SSSR count). The van der Waals surface area contributed by atoms with Crippen molar-refractivity contribution in [3.63, 3.8) is 0 Å². The van der Waals surface area contributed by atoms with Crippen LogP contribution >= 0.6 is 0 Å². The normalized spacial score (nSPS) is 11.7. The van der Waals surface area contributed by atoms with Crippen molar-refractivity contribution in [1.29, 1.82) is 0 Å². The molecule has 0 radical (unpaired) electrons. The van der Waals surface area contributed by atoms with Gasteiger partial charge in [-0.15, -0.1) is 0 Å². The number of benzene rings is 3. The predicted molar refractivity (Wildman–Crippen MR) is 133 cm³/mol. The first kappa shape index (κ1) is 28.0. The van der Waals surface area contributed by atoms with E-state index < -0.39 is 26.8 Å². The fourth-order valence-electron chi connectivity index (χ4n) is 3.40. The number of nitrogens with zero attached hydrogens (tertiary/aromatic N) is 1. The standard InChI is InChI=1S/C26H27F3N2O5S/c1-3-19-10-12-22(13-11-19)30-25(32)31(14-15-35-2)18-20-6-4-8-23(16-20)36-37(33,34)24-9-5-7-21(17-24)26(27,28)29/h4-13,16-17H,3,14-15,18H2,1-2H3,(H,30,32). The number of hydrogen-bond donors (Lipinski definition) is 1. The van der Waals surface area contributed by atoms with Gasteiger partial charge in [-0.3, -0.25) is 0 Å². The van der Waals surface area contributed by atoms with Crippen molar-refractivity contribution in [2.24, 2.45) is 0 Å². The Morgan fingerprint density at radius 1 is 0.973 bits per heavy atom. The van der Waals surface area contributed by atoms with Gasteiger partial charge in [0.25, 0.3) is 0 Å². The van der Waals surface area contributed by atoms with Gasteiger partial charge in [0, 0.05) is 25.9 Å². The van der Waals surface area contributed by atoms with E-state index in [1.54, 1.807) is 18.2 Å². The quantitative estimate of drug-likeness (QED) is 0.335. The number of halogens is 3. The molecule has 0 saturated heterocycles. The van der Waals surface area contributed by atoms with Crippen molar-refractivity contribution in [2.45, 2.75) is 31.0 Å². The third-order valence-electron chi connectivity index (χ3n) is 5.39. The van der Waals surface area contributed by atoms with Crippen LogP contribution in [0.25, 0.3) is 0 Å². The first-order valence-electron chi connectivity index (χ1n) is 11.4. The highest BCUT2D eigenvalue weighted by molar-refractivity contribution is 7.87. The number of ether oxygens (including phenoxy) is 1. The topological polar surface area (TPSA) is 84.9 Å². The second-order valence-electron chi connectivity index (χ2n) is 8.11. The molecule has 0 aliphatic rings. The van der Waals surface area contributed by atoms with E-state index in [1.807, 2.05) is 19.1 Å². The summed E-state index contributed by atoms with van der Waals surface area (Å²) in [6, 6.07) is 16.4. The molecule has 3 aromatic carbocycles. The van der Waals surface area contributed by atoms with Gasteiger partial charge < -0.3 is 19.1 Å². The van der Waals surface area contributed by atoms with Gasteiger partial charge in [0.15, 0.2) is 0 Å². The van der Waals surface area contributed by atoms with Gasteiger partial charge >= 0.3 is 22.3 Å². The summed E-state index contributed by atoms with van der Waals surface area (Å²) in [5, 5.41) is 2.83. The molecule has 0 bridgehead atoms. The molecule has 37 heavy (non-hydrogen) atoms. The summed E-state index contributed by atoms with van der Waals surface area (Å²) < 4.78 is 74.5. The van der Waals surface area contributed by atoms with Crippen LogP contribution in [0.5, 0.6) is 5.75 Å². The van der Waals surface area contributed by atoms with E-state index in [9.17, 15) is 26.4 Å². The second kappa shape index (κ2) is 12.1. The molecular weight excluding hydrogens is 509 g/mol. The van der Waals surface area contributed by atoms with Crippen molar-refractivity contribution in [3.05, 3.63) is 89.5 Å². The van der Waals surface area contributed by atoms with Crippen LogP contribution in [0.2, 0.25) is 0 Å². The Kier molecular flexibility index (Phi) is 9.17. The summed E-state index contributed by atoms with van der Waals surface area (Å²) in [6.07, 6.45) is -3.83. The lowest BCUT2D eigenvalue weighted by Crippen LogP contribution is -2.36. The molecule has 1 N–H and O–H groups in total. The third kappa shape index (κ3) is 7.96. The molecule has 2 amide bonds. The molecule has 0 saturated carbocycles. The second-order valence-corrected chi connectivity index (χ2v) is 9.65. The highest BCUT2D eigenvalue weighted by Crippen LogP contribution is 2.31. The Morgan fingerprint density at radius 2 is 1.68 bits per heavy atom. The van der Waals surface area contributed by atoms with Gasteiger partial charge in [0.2, 0.25) is 0 Å². The third-order valence-corrected chi connectivity index (χ3v) is 6.64. The van der Waals surface area contributed by atoms with Crippen LogP contribution in [-0.4, -0.2) is 39.6 Å². The number of methoxy groups -OCH3 is 1. The Balaban J connectivity index is 1.76. The largest absolute Gasteiger partial charge is 0.416 e. The molecule has 0 fully saturated rings. The number of alkyl halides is 3. The summed E-state index contributed by atoms with van der Waals surface area (Å²) in [4.78, 5) is 13.8. The number of hydrogen-bond acceptors (Lipinski definition) is 5. The maximum absolute atomic E-state index is 13.0. The molecule has 11 heteroatoms. The SMILES string of the molecule is CCc1ccc(NC(=O)N(CCOC)Cc2cccc(OS(=O)(=O)c3cccc(C(F)(F)F)c3)c2)cc1. The minimum atomic E-state index is -4.70. The van der Waals surface area contributed by atoms with Gasteiger partial charge in [-0.25, -0.2) is 4.79 Å². The average Bonchev–Trinajstić information content (AvgIpc) is 2.86. The van der Waals surface area contributed by atoms with Gasteiger partial charge in [0.05, 0.1) is 12.2 Å². The lowest BCUT2D eigenvalue weighted by molar-refractivity contribution is -0.137. The smallest absolute Gasteiger partial charge is 0.383 e. The molecule has 0 atom stereocenters. The number of anilines is 1. The van der Waals surface area contributed by atoms with Gasteiger partial charge in [0.1, 0.15) is 10.6 Å². The number of nitrogens with one attached hydrogen (secondary N) is 1. The van der Waals surface area contributed by atoms with Crippen LogP contribution < -0.4 is 9.50 Å². The minimum Gasteiger partial charge on any atom is -0.383 e. The fourth-order valence-corrected chi connectivity index (χ4v) is 4.37. The maximum Gasteiger partial charge on any atom is 0.416 e. The number of urea groups is 1. The summed E-state index contributed by atoms with van der Waals surface area (Å²) in [6.45, 7) is 2.65. The van der Waals surface area contributed by atoms with Crippen LogP contribution in [0.15, 0.2) is 77.7 Å². The molecule has 0 aliphatic heterocycles. The van der Waals surface area contributed by atoms with Crippen LogP contribution in [0, 0.1) is 0 Å². The van der Waals surface area contributed by atoms with Gasteiger partial charge in [-0.05, 0) is 60.0 Å². The Labute approximate surface area is 213 Å². The zero-order valence-corrected chi connectivity index (χ0v) is 21.1. The highest BCUT2D eigenvalue weighted by Gasteiger charge is 2.32. The van der Waals surface area contributed by atoms with Crippen LogP contribution in [-0.2, 0) is 34.0 Å². The Bertz CT molecular complexity index is 1310. The zero-order valence-electron chi connectivity index (χ0n) is 20.3. The van der Waals surface area contributed by atoms with Crippen molar-refractivity contribution in [1.82, 2.24) is 4.90 Å². The Hall–Kier alpha value is -3.57. The van der Waals surface area contributed by atoms with E-state index in [0.29, 0.717) is 17.3 Å². The molecule has 0 aliphatic carbocycles. The highest BCUT2D eigenvalue weighted by atomic mass is 32.2. The van der Waals surface area contributed by atoms with E-state index in [4.69, 9.17) is 8.92 Å². The Morgan fingerprint density at radius 3 is 2.32 bits per heavy atom. The number of rotatable bonds is 10. The van der Waals surface area contributed by atoms with Crippen molar-refractivity contribution in [2.75, 3.05) is 25.6 Å². The first-order valence-corrected chi connectivity index (χ1v) is 12.8. The molecule has 0 heterocycles.